The number of carbonyl (C=O) groups is 2. The fraction of sp³-hybridized carbons (Fsp3) is 0.481. The van der Waals surface area contributed by atoms with Crippen LogP contribution in [0.2, 0.25) is 0 Å². The minimum Gasteiger partial charge on any atom is -0.290 e. The number of carbonyl (C=O) groups excluding carboxylic acids is 2. The number of allylic oxidation sites excluding steroid dienone is 12. The first-order valence-electron chi connectivity index (χ1n) is 10.7. The summed E-state index contributed by atoms with van der Waals surface area (Å²) in [7, 11) is 0. The van der Waals surface area contributed by atoms with Crippen molar-refractivity contribution in [1.29, 1.82) is 0 Å². The maximum Gasteiger partial charge on any atom is 0.182 e. The van der Waals surface area contributed by atoms with E-state index >= 15 is 0 Å². The van der Waals surface area contributed by atoms with Crippen LogP contribution in [0.4, 0.5) is 0 Å². The lowest BCUT2D eigenvalue weighted by Crippen LogP contribution is -2.12. The first kappa shape index (κ1) is 24.8. The van der Waals surface area contributed by atoms with Crippen LogP contribution in [0.5, 0.6) is 0 Å². The standard InChI is InChI=1S/C27H38O2/c1-19(2)9-8-10-21(5)11-14-24(20(3)4)15-12-22(6)13-16-25-23(7)26(28)17-18-27(25)29/h9,11,13,17-18H,8,10,12,14-16H2,1-7H3/b21-11+,22-13+. The van der Waals surface area contributed by atoms with Gasteiger partial charge in [0.05, 0.1) is 0 Å². The first-order valence-corrected chi connectivity index (χ1v) is 10.7. The maximum absolute atomic E-state index is 12.0. The van der Waals surface area contributed by atoms with Crippen LogP contribution in [0.25, 0.3) is 0 Å². The Hall–Kier alpha value is -2.22. The van der Waals surface area contributed by atoms with Crippen molar-refractivity contribution in [3.63, 3.8) is 0 Å². The highest BCUT2D eigenvalue weighted by Gasteiger charge is 2.17. The second-order valence-electron chi connectivity index (χ2n) is 8.60. The summed E-state index contributed by atoms with van der Waals surface area (Å²) in [4.78, 5) is 23.8. The van der Waals surface area contributed by atoms with E-state index in [2.05, 4.69) is 59.8 Å². The molecular formula is C27H38O2. The molecule has 158 valence electrons. The highest BCUT2D eigenvalue weighted by molar-refractivity contribution is 6.19. The fourth-order valence-corrected chi connectivity index (χ4v) is 3.23. The Labute approximate surface area is 177 Å². The van der Waals surface area contributed by atoms with Gasteiger partial charge in [-0.3, -0.25) is 9.59 Å². The average molecular weight is 395 g/mol. The van der Waals surface area contributed by atoms with Gasteiger partial charge in [-0.1, -0.05) is 46.1 Å². The highest BCUT2D eigenvalue weighted by atomic mass is 16.1. The average Bonchev–Trinajstić information content (AvgIpc) is 2.64. The second kappa shape index (κ2) is 12.4. The molecular weight excluding hydrogens is 356 g/mol. The first-order chi connectivity index (χ1) is 13.6. The minimum atomic E-state index is -0.0516. The van der Waals surface area contributed by atoms with Gasteiger partial charge >= 0.3 is 0 Å². The molecule has 0 saturated carbocycles. The topological polar surface area (TPSA) is 34.1 Å². The Kier molecular flexibility index (Phi) is 10.6. The van der Waals surface area contributed by atoms with Crippen molar-refractivity contribution in [3.8, 4) is 0 Å². The summed E-state index contributed by atoms with van der Waals surface area (Å²) in [6.45, 7) is 14.8. The molecule has 0 spiro atoms. The SMILES string of the molecule is CC(C)=CCC/C(C)=C/CC(CC/C(C)=C/CC1=C(C)C(=O)C=CC1=O)=C(C)C. The summed E-state index contributed by atoms with van der Waals surface area (Å²) in [5.74, 6) is -0.0888. The lowest BCUT2D eigenvalue weighted by Gasteiger charge is -2.11. The third kappa shape index (κ3) is 9.21. The molecule has 0 saturated heterocycles. The summed E-state index contributed by atoms with van der Waals surface area (Å²) in [6, 6.07) is 0. The minimum absolute atomic E-state index is 0.0372. The largest absolute Gasteiger partial charge is 0.290 e. The monoisotopic (exact) mass is 394 g/mol. The third-order valence-corrected chi connectivity index (χ3v) is 5.48. The van der Waals surface area contributed by atoms with Crippen molar-refractivity contribution in [2.45, 2.75) is 87.0 Å². The molecule has 0 amide bonds. The molecule has 0 aromatic heterocycles. The fourth-order valence-electron chi connectivity index (χ4n) is 3.23. The van der Waals surface area contributed by atoms with E-state index in [1.165, 1.54) is 40.0 Å². The van der Waals surface area contributed by atoms with E-state index in [1.54, 1.807) is 6.92 Å². The smallest absolute Gasteiger partial charge is 0.182 e. The molecule has 29 heavy (non-hydrogen) atoms. The van der Waals surface area contributed by atoms with Gasteiger partial charge < -0.3 is 0 Å². The molecule has 2 heteroatoms. The van der Waals surface area contributed by atoms with E-state index < -0.39 is 0 Å². The summed E-state index contributed by atoms with van der Waals surface area (Å²) < 4.78 is 0. The molecule has 0 aromatic carbocycles. The van der Waals surface area contributed by atoms with Gasteiger partial charge in [-0.05, 0) is 99.1 Å². The van der Waals surface area contributed by atoms with Gasteiger partial charge in [0.2, 0.25) is 0 Å². The lowest BCUT2D eigenvalue weighted by atomic mass is 9.92. The van der Waals surface area contributed by atoms with Crippen LogP contribution in [0, 0.1) is 0 Å². The van der Waals surface area contributed by atoms with E-state index in [-0.39, 0.29) is 11.6 Å². The van der Waals surface area contributed by atoms with E-state index in [0.29, 0.717) is 17.6 Å². The Morgan fingerprint density at radius 2 is 1.41 bits per heavy atom. The molecule has 0 bridgehead atoms. The van der Waals surface area contributed by atoms with Gasteiger partial charge in [-0.2, -0.15) is 0 Å². The van der Waals surface area contributed by atoms with Gasteiger partial charge in [0.1, 0.15) is 0 Å². The molecule has 0 atom stereocenters. The molecule has 0 radical (unpaired) electrons. The zero-order valence-electron chi connectivity index (χ0n) is 19.4. The Bertz CT molecular complexity index is 799. The molecule has 0 aromatic rings. The summed E-state index contributed by atoms with van der Waals surface area (Å²) in [5.41, 5.74) is 8.19. The van der Waals surface area contributed by atoms with E-state index in [0.717, 1.165) is 32.1 Å². The van der Waals surface area contributed by atoms with E-state index in [9.17, 15) is 9.59 Å². The number of hydrogen-bond acceptors (Lipinski definition) is 2. The summed E-state index contributed by atoms with van der Waals surface area (Å²) >= 11 is 0. The van der Waals surface area contributed by atoms with Crippen molar-refractivity contribution in [3.05, 3.63) is 69.4 Å². The van der Waals surface area contributed by atoms with Gasteiger partial charge in [-0.25, -0.2) is 0 Å². The van der Waals surface area contributed by atoms with Crippen LogP contribution in [-0.4, -0.2) is 11.6 Å². The molecule has 0 aliphatic heterocycles. The molecule has 0 heterocycles. The van der Waals surface area contributed by atoms with Crippen LogP contribution >= 0.6 is 0 Å². The van der Waals surface area contributed by atoms with Gasteiger partial charge in [-0.15, -0.1) is 0 Å². The van der Waals surface area contributed by atoms with Crippen LogP contribution in [0.3, 0.4) is 0 Å². The molecule has 0 fully saturated rings. The zero-order chi connectivity index (χ0) is 22.0. The van der Waals surface area contributed by atoms with E-state index in [4.69, 9.17) is 0 Å². The van der Waals surface area contributed by atoms with Crippen LogP contribution in [0.15, 0.2) is 69.4 Å². The van der Waals surface area contributed by atoms with Crippen molar-refractivity contribution in [2.24, 2.45) is 0 Å². The normalized spacial score (nSPS) is 15.1. The summed E-state index contributed by atoms with van der Waals surface area (Å²) in [5, 5.41) is 0. The molecule has 2 nitrogen and oxygen atoms in total. The van der Waals surface area contributed by atoms with Gasteiger partial charge in [0.15, 0.2) is 11.6 Å². The van der Waals surface area contributed by atoms with Gasteiger partial charge in [0, 0.05) is 11.1 Å². The van der Waals surface area contributed by atoms with Crippen molar-refractivity contribution in [1.82, 2.24) is 0 Å². The van der Waals surface area contributed by atoms with Crippen molar-refractivity contribution in [2.75, 3.05) is 0 Å². The Morgan fingerprint density at radius 3 is 2.03 bits per heavy atom. The van der Waals surface area contributed by atoms with Crippen molar-refractivity contribution < 1.29 is 9.59 Å². The van der Waals surface area contributed by atoms with Crippen LogP contribution in [-0.2, 0) is 9.59 Å². The van der Waals surface area contributed by atoms with E-state index in [1.807, 2.05) is 0 Å². The molecule has 1 aliphatic rings. The van der Waals surface area contributed by atoms with Crippen LogP contribution < -0.4 is 0 Å². The van der Waals surface area contributed by atoms with Crippen molar-refractivity contribution >= 4 is 11.6 Å². The predicted octanol–water partition coefficient (Wildman–Crippen LogP) is 7.55. The number of rotatable bonds is 10. The number of hydrogen-bond donors (Lipinski definition) is 0. The Balaban J connectivity index is 2.63. The quantitative estimate of drug-likeness (QED) is 0.283. The molecule has 0 N–H and O–H groups in total. The molecule has 1 aliphatic carbocycles. The third-order valence-electron chi connectivity index (χ3n) is 5.48. The lowest BCUT2D eigenvalue weighted by molar-refractivity contribution is -0.115. The van der Waals surface area contributed by atoms with Gasteiger partial charge in [0.25, 0.3) is 0 Å². The number of ketones is 2. The Morgan fingerprint density at radius 1 is 0.793 bits per heavy atom. The maximum atomic E-state index is 12.0. The molecule has 1 rings (SSSR count). The predicted molar refractivity (Wildman–Crippen MR) is 125 cm³/mol. The summed E-state index contributed by atoms with van der Waals surface area (Å²) in [6.07, 6.45) is 15.3. The molecule has 0 unspecified atom stereocenters. The second-order valence-corrected chi connectivity index (χ2v) is 8.60. The van der Waals surface area contributed by atoms with Crippen LogP contribution in [0.1, 0.15) is 87.0 Å². The zero-order valence-corrected chi connectivity index (χ0v) is 19.4. The highest BCUT2D eigenvalue weighted by Crippen LogP contribution is 2.23.